The summed E-state index contributed by atoms with van der Waals surface area (Å²) in [7, 11) is 0. The summed E-state index contributed by atoms with van der Waals surface area (Å²) < 4.78 is 15.0. The van der Waals surface area contributed by atoms with Crippen molar-refractivity contribution in [1.29, 1.82) is 0 Å². The minimum atomic E-state index is -0.816. The lowest BCUT2D eigenvalue weighted by molar-refractivity contribution is -0.183. The van der Waals surface area contributed by atoms with Crippen LogP contribution in [0.1, 0.15) is 20.8 Å². The zero-order valence-corrected chi connectivity index (χ0v) is 7.62. The highest BCUT2D eigenvalue weighted by molar-refractivity contribution is 5.73. The van der Waals surface area contributed by atoms with Gasteiger partial charge in [0.2, 0.25) is 0 Å². The van der Waals surface area contributed by atoms with Crippen molar-refractivity contribution in [2.45, 2.75) is 32.7 Å². The van der Waals surface area contributed by atoms with Crippen LogP contribution in [-0.2, 0) is 19.0 Å². The lowest BCUT2D eigenvalue weighted by atomic mass is 10.2. The van der Waals surface area contributed by atoms with Gasteiger partial charge >= 0.3 is 5.97 Å². The van der Waals surface area contributed by atoms with Gasteiger partial charge in [-0.2, -0.15) is 0 Å². The Morgan fingerprint density at radius 2 is 1.83 bits per heavy atom. The summed E-state index contributed by atoms with van der Waals surface area (Å²) in [5.41, 5.74) is -0.480. The van der Waals surface area contributed by atoms with E-state index in [9.17, 15) is 4.79 Å². The van der Waals surface area contributed by atoms with Crippen LogP contribution in [0.25, 0.3) is 0 Å². The Morgan fingerprint density at radius 3 is 2.25 bits per heavy atom. The van der Waals surface area contributed by atoms with Crippen LogP contribution in [0.2, 0.25) is 0 Å². The van der Waals surface area contributed by atoms with Gasteiger partial charge in [0.15, 0.2) is 0 Å². The molecule has 4 heteroatoms. The van der Waals surface area contributed by atoms with Crippen molar-refractivity contribution in [3.05, 3.63) is 0 Å². The van der Waals surface area contributed by atoms with Crippen molar-refractivity contribution in [3.8, 4) is 0 Å². The Morgan fingerprint density at radius 1 is 1.33 bits per heavy atom. The first-order chi connectivity index (χ1) is 5.49. The van der Waals surface area contributed by atoms with Gasteiger partial charge in [-0.25, -0.2) is 4.79 Å². The maximum absolute atomic E-state index is 11.2. The number of esters is 1. The topological polar surface area (TPSA) is 44.8 Å². The SMILES string of the molecule is CC(C)(C)OC(=O)C1OCCO1. The third kappa shape index (κ3) is 2.79. The van der Waals surface area contributed by atoms with Crippen molar-refractivity contribution in [2.24, 2.45) is 0 Å². The molecule has 0 aliphatic carbocycles. The summed E-state index contributed by atoms with van der Waals surface area (Å²) >= 11 is 0. The second-order valence-corrected chi connectivity index (χ2v) is 3.61. The summed E-state index contributed by atoms with van der Waals surface area (Å²) in [5, 5.41) is 0. The first kappa shape index (κ1) is 9.48. The summed E-state index contributed by atoms with van der Waals surface area (Å²) in [6, 6.07) is 0. The molecule has 1 heterocycles. The Hall–Kier alpha value is -0.610. The van der Waals surface area contributed by atoms with E-state index >= 15 is 0 Å². The number of rotatable bonds is 1. The molecule has 1 rings (SSSR count). The van der Waals surface area contributed by atoms with E-state index in [1.807, 2.05) is 0 Å². The number of carbonyl (C=O) groups excluding carboxylic acids is 1. The standard InChI is InChI=1S/C8H14O4/c1-8(2,3)12-6(9)7-10-4-5-11-7/h7H,4-5H2,1-3H3. The minimum absolute atomic E-state index is 0.444. The van der Waals surface area contributed by atoms with E-state index < -0.39 is 17.9 Å². The number of carbonyl (C=O) groups is 1. The predicted molar refractivity (Wildman–Crippen MR) is 41.5 cm³/mol. The van der Waals surface area contributed by atoms with Crippen LogP contribution in [0.4, 0.5) is 0 Å². The molecule has 0 N–H and O–H groups in total. The average Bonchev–Trinajstić information content (AvgIpc) is 2.32. The maximum atomic E-state index is 11.2. The first-order valence-electron chi connectivity index (χ1n) is 3.95. The van der Waals surface area contributed by atoms with Gasteiger partial charge in [0.05, 0.1) is 13.2 Å². The second-order valence-electron chi connectivity index (χ2n) is 3.61. The molecule has 0 unspecified atom stereocenters. The molecule has 0 spiro atoms. The van der Waals surface area contributed by atoms with Crippen molar-refractivity contribution in [1.82, 2.24) is 0 Å². The van der Waals surface area contributed by atoms with Crippen LogP contribution in [0.15, 0.2) is 0 Å². The molecule has 1 aliphatic heterocycles. The number of hydrogen-bond donors (Lipinski definition) is 0. The summed E-state index contributed by atoms with van der Waals surface area (Å²) in [6.07, 6.45) is -0.816. The van der Waals surface area contributed by atoms with Crippen LogP contribution >= 0.6 is 0 Å². The van der Waals surface area contributed by atoms with Crippen LogP contribution in [0.5, 0.6) is 0 Å². The van der Waals surface area contributed by atoms with E-state index in [1.165, 1.54) is 0 Å². The van der Waals surface area contributed by atoms with Gasteiger partial charge in [0.25, 0.3) is 6.29 Å². The third-order valence-electron chi connectivity index (χ3n) is 1.22. The molecular weight excluding hydrogens is 160 g/mol. The van der Waals surface area contributed by atoms with E-state index in [2.05, 4.69) is 0 Å². The van der Waals surface area contributed by atoms with Gasteiger partial charge < -0.3 is 14.2 Å². The zero-order valence-electron chi connectivity index (χ0n) is 7.62. The molecule has 0 aromatic rings. The molecule has 4 nitrogen and oxygen atoms in total. The van der Waals surface area contributed by atoms with Crippen LogP contribution < -0.4 is 0 Å². The van der Waals surface area contributed by atoms with Crippen molar-refractivity contribution < 1.29 is 19.0 Å². The van der Waals surface area contributed by atoms with E-state index in [1.54, 1.807) is 20.8 Å². The quantitative estimate of drug-likeness (QED) is 0.549. The van der Waals surface area contributed by atoms with Crippen LogP contribution in [0, 0.1) is 0 Å². The van der Waals surface area contributed by atoms with Crippen molar-refractivity contribution in [2.75, 3.05) is 13.2 Å². The molecular formula is C8H14O4. The molecule has 1 saturated heterocycles. The zero-order chi connectivity index (χ0) is 9.19. The Kier molecular flexibility index (Phi) is 2.69. The maximum Gasteiger partial charge on any atom is 0.364 e. The predicted octanol–water partition coefficient (Wildman–Crippen LogP) is 0.701. The normalized spacial score (nSPS) is 19.6. The lowest BCUT2D eigenvalue weighted by Crippen LogP contribution is -2.32. The molecule has 0 radical (unpaired) electrons. The second kappa shape index (κ2) is 3.41. The Bertz CT molecular complexity index is 164. The fourth-order valence-electron chi connectivity index (χ4n) is 0.844. The molecule has 0 aromatic heterocycles. The summed E-state index contributed by atoms with van der Waals surface area (Å²) in [4.78, 5) is 11.2. The molecule has 1 aliphatic rings. The van der Waals surface area contributed by atoms with Gasteiger partial charge in [-0.1, -0.05) is 0 Å². The van der Waals surface area contributed by atoms with Crippen LogP contribution in [-0.4, -0.2) is 31.1 Å². The molecule has 1 fully saturated rings. The molecule has 0 bridgehead atoms. The van der Waals surface area contributed by atoms with Gasteiger partial charge in [-0.15, -0.1) is 0 Å². The fourth-order valence-corrected chi connectivity index (χ4v) is 0.844. The molecule has 0 amide bonds. The van der Waals surface area contributed by atoms with Gasteiger partial charge in [-0.3, -0.25) is 0 Å². The highest BCUT2D eigenvalue weighted by Crippen LogP contribution is 2.12. The number of ether oxygens (including phenoxy) is 3. The first-order valence-corrected chi connectivity index (χ1v) is 3.95. The fraction of sp³-hybridized carbons (Fsp3) is 0.875. The highest BCUT2D eigenvalue weighted by Gasteiger charge is 2.29. The average molecular weight is 174 g/mol. The smallest absolute Gasteiger partial charge is 0.364 e. The van der Waals surface area contributed by atoms with Crippen LogP contribution in [0.3, 0.4) is 0 Å². The highest BCUT2D eigenvalue weighted by atomic mass is 16.7. The van der Waals surface area contributed by atoms with E-state index in [4.69, 9.17) is 14.2 Å². The molecule has 0 atom stereocenters. The van der Waals surface area contributed by atoms with Gasteiger partial charge in [0.1, 0.15) is 5.60 Å². The molecule has 0 aromatic carbocycles. The van der Waals surface area contributed by atoms with Gasteiger partial charge in [0, 0.05) is 0 Å². The third-order valence-corrected chi connectivity index (χ3v) is 1.22. The summed E-state index contributed by atoms with van der Waals surface area (Å²) in [5.74, 6) is -0.444. The van der Waals surface area contributed by atoms with Gasteiger partial charge in [-0.05, 0) is 20.8 Å². The minimum Gasteiger partial charge on any atom is -0.456 e. The molecule has 70 valence electrons. The van der Waals surface area contributed by atoms with E-state index in [0.29, 0.717) is 13.2 Å². The molecule has 0 saturated carbocycles. The lowest BCUT2D eigenvalue weighted by Gasteiger charge is -2.20. The Labute approximate surface area is 71.8 Å². The largest absolute Gasteiger partial charge is 0.456 e. The van der Waals surface area contributed by atoms with E-state index in [0.717, 1.165) is 0 Å². The molecule has 12 heavy (non-hydrogen) atoms. The van der Waals surface area contributed by atoms with Crippen molar-refractivity contribution in [3.63, 3.8) is 0 Å². The monoisotopic (exact) mass is 174 g/mol. The van der Waals surface area contributed by atoms with E-state index in [-0.39, 0.29) is 0 Å². The number of hydrogen-bond acceptors (Lipinski definition) is 4. The summed E-state index contributed by atoms with van der Waals surface area (Å²) in [6.45, 7) is 6.34. The van der Waals surface area contributed by atoms with Crippen molar-refractivity contribution >= 4 is 5.97 Å². The Balaban J connectivity index is 2.37.